The minimum atomic E-state index is -0.622. The van der Waals surface area contributed by atoms with E-state index in [2.05, 4.69) is 27.9 Å². The van der Waals surface area contributed by atoms with Gasteiger partial charge in [0.1, 0.15) is 0 Å². The Morgan fingerprint density at radius 3 is 2.47 bits per heavy atom. The second kappa shape index (κ2) is 5.35. The largest absolute Gasteiger partial charge is 0.350 e. The molecule has 0 bridgehead atoms. The fourth-order valence-electron chi connectivity index (χ4n) is 2.19. The summed E-state index contributed by atoms with van der Waals surface area (Å²) in [6, 6.07) is 8.13. The molecule has 17 heavy (non-hydrogen) atoms. The Morgan fingerprint density at radius 1 is 1.29 bits per heavy atom. The van der Waals surface area contributed by atoms with E-state index in [0.29, 0.717) is 6.54 Å². The van der Waals surface area contributed by atoms with Crippen LogP contribution in [-0.2, 0) is 11.3 Å². The van der Waals surface area contributed by atoms with Gasteiger partial charge in [-0.25, -0.2) is 0 Å². The Balaban J connectivity index is 1.89. The summed E-state index contributed by atoms with van der Waals surface area (Å²) < 4.78 is 1.20. The maximum atomic E-state index is 12.0. The SMILES string of the molecule is NC1(C(=O)NCc2ccc(I)cc2)CCCC1. The topological polar surface area (TPSA) is 55.1 Å². The number of rotatable bonds is 3. The zero-order valence-corrected chi connectivity index (χ0v) is 11.9. The van der Waals surface area contributed by atoms with Crippen molar-refractivity contribution >= 4 is 28.5 Å². The molecule has 0 aromatic heterocycles. The molecule has 0 unspecified atom stereocenters. The van der Waals surface area contributed by atoms with Crippen molar-refractivity contribution < 1.29 is 4.79 Å². The number of hydrogen-bond acceptors (Lipinski definition) is 2. The lowest BCUT2D eigenvalue weighted by molar-refractivity contribution is -0.126. The van der Waals surface area contributed by atoms with Gasteiger partial charge in [-0.15, -0.1) is 0 Å². The van der Waals surface area contributed by atoms with Crippen LogP contribution >= 0.6 is 22.6 Å². The summed E-state index contributed by atoms with van der Waals surface area (Å²) >= 11 is 2.26. The summed E-state index contributed by atoms with van der Waals surface area (Å²) in [4.78, 5) is 12.0. The maximum absolute atomic E-state index is 12.0. The van der Waals surface area contributed by atoms with E-state index in [-0.39, 0.29) is 5.91 Å². The van der Waals surface area contributed by atoms with Gasteiger partial charge in [-0.2, -0.15) is 0 Å². The molecule has 4 heteroatoms. The quantitative estimate of drug-likeness (QED) is 0.826. The van der Waals surface area contributed by atoms with Gasteiger partial charge in [-0.1, -0.05) is 25.0 Å². The number of nitrogens with two attached hydrogens (primary N) is 1. The Kier molecular flexibility index (Phi) is 4.04. The second-order valence-electron chi connectivity index (χ2n) is 4.67. The third-order valence-electron chi connectivity index (χ3n) is 3.31. The highest BCUT2D eigenvalue weighted by atomic mass is 127. The van der Waals surface area contributed by atoms with E-state index in [9.17, 15) is 4.79 Å². The molecule has 92 valence electrons. The van der Waals surface area contributed by atoms with Crippen molar-refractivity contribution in [3.05, 3.63) is 33.4 Å². The maximum Gasteiger partial charge on any atom is 0.240 e. The van der Waals surface area contributed by atoms with Gasteiger partial charge in [-0.3, -0.25) is 4.79 Å². The molecule has 1 aliphatic rings. The van der Waals surface area contributed by atoms with Crippen LogP contribution in [0.5, 0.6) is 0 Å². The van der Waals surface area contributed by atoms with Crippen LogP contribution in [0.1, 0.15) is 31.2 Å². The normalized spacial score (nSPS) is 18.0. The summed E-state index contributed by atoms with van der Waals surface area (Å²) in [5.74, 6) is -0.00597. The highest BCUT2D eigenvalue weighted by Crippen LogP contribution is 2.27. The molecule has 0 saturated heterocycles. The Bertz CT molecular complexity index is 396. The van der Waals surface area contributed by atoms with Gasteiger partial charge in [0.15, 0.2) is 0 Å². The minimum Gasteiger partial charge on any atom is -0.350 e. The molecule has 1 aromatic rings. The van der Waals surface area contributed by atoms with E-state index in [1.807, 2.05) is 24.3 Å². The Morgan fingerprint density at radius 2 is 1.88 bits per heavy atom. The second-order valence-corrected chi connectivity index (χ2v) is 5.92. The molecule has 0 spiro atoms. The standard InChI is InChI=1S/C13H17IN2O/c14-11-5-3-10(4-6-11)9-16-12(17)13(15)7-1-2-8-13/h3-6H,1-2,7-9,15H2,(H,16,17). The molecule has 2 rings (SSSR count). The highest BCUT2D eigenvalue weighted by molar-refractivity contribution is 14.1. The molecule has 3 N–H and O–H groups in total. The van der Waals surface area contributed by atoms with Crippen molar-refractivity contribution in [2.45, 2.75) is 37.8 Å². The van der Waals surface area contributed by atoms with Crippen LogP contribution in [-0.4, -0.2) is 11.4 Å². The van der Waals surface area contributed by atoms with Gasteiger partial charge in [-0.05, 0) is 53.1 Å². The van der Waals surface area contributed by atoms with Crippen LogP contribution < -0.4 is 11.1 Å². The van der Waals surface area contributed by atoms with E-state index in [4.69, 9.17) is 5.73 Å². The average molecular weight is 344 g/mol. The zero-order chi connectivity index (χ0) is 12.3. The van der Waals surface area contributed by atoms with Gasteiger partial charge >= 0.3 is 0 Å². The van der Waals surface area contributed by atoms with Gasteiger partial charge in [0.05, 0.1) is 5.54 Å². The fraction of sp³-hybridized carbons (Fsp3) is 0.462. The molecule has 1 fully saturated rings. The first-order valence-corrected chi connectivity index (χ1v) is 7.00. The van der Waals surface area contributed by atoms with Gasteiger partial charge in [0.25, 0.3) is 0 Å². The lowest BCUT2D eigenvalue weighted by atomic mass is 9.98. The predicted octanol–water partition coefficient (Wildman–Crippen LogP) is 2.18. The van der Waals surface area contributed by atoms with Crippen molar-refractivity contribution in [3.63, 3.8) is 0 Å². The van der Waals surface area contributed by atoms with Crippen molar-refractivity contribution in [2.75, 3.05) is 0 Å². The lowest BCUT2D eigenvalue weighted by Crippen LogP contribution is -2.51. The van der Waals surface area contributed by atoms with Crippen LogP contribution in [0.25, 0.3) is 0 Å². The molecule has 0 radical (unpaired) electrons. The number of hydrogen-bond donors (Lipinski definition) is 2. The minimum absolute atomic E-state index is 0.00597. The van der Waals surface area contributed by atoms with Crippen LogP contribution in [0.4, 0.5) is 0 Å². The van der Waals surface area contributed by atoms with Gasteiger partial charge in [0, 0.05) is 10.1 Å². The number of carbonyl (C=O) groups excluding carboxylic acids is 1. The molecule has 1 saturated carbocycles. The Labute approximate surface area is 115 Å². The predicted molar refractivity (Wildman–Crippen MR) is 76.4 cm³/mol. The number of nitrogens with one attached hydrogen (secondary N) is 1. The van der Waals surface area contributed by atoms with Crippen LogP contribution in [0, 0.1) is 3.57 Å². The summed E-state index contributed by atoms with van der Waals surface area (Å²) in [7, 11) is 0. The molecule has 1 aliphatic carbocycles. The molecule has 0 heterocycles. The smallest absolute Gasteiger partial charge is 0.240 e. The molecule has 0 atom stereocenters. The van der Waals surface area contributed by atoms with Crippen molar-refractivity contribution in [1.82, 2.24) is 5.32 Å². The van der Waals surface area contributed by atoms with E-state index in [1.54, 1.807) is 0 Å². The molecule has 1 aromatic carbocycles. The highest BCUT2D eigenvalue weighted by Gasteiger charge is 2.36. The van der Waals surface area contributed by atoms with Gasteiger partial charge < -0.3 is 11.1 Å². The molecular formula is C13H17IN2O. The first kappa shape index (κ1) is 12.8. The summed E-state index contributed by atoms with van der Waals surface area (Å²) in [5, 5.41) is 2.93. The third kappa shape index (κ3) is 3.19. The molecule has 3 nitrogen and oxygen atoms in total. The Hall–Kier alpha value is -0.620. The van der Waals surface area contributed by atoms with Crippen LogP contribution in [0.2, 0.25) is 0 Å². The number of halogens is 1. The van der Waals surface area contributed by atoms with Crippen molar-refractivity contribution in [3.8, 4) is 0 Å². The number of benzene rings is 1. The van der Waals surface area contributed by atoms with Crippen LogP contribution in [0.15, 0.2) is 24.3 Å². The monoisotopic (exact) mass is 344 g/mol. The summed E-state index contributed by atoms with van der Waals surface area (Å²) in [6.45, 7) is 0.564. The zero-order valence-electron chi connectivity index (χ0n) is 9.71. The summed E-state index contributed by atoms with van der Waals surface area (Å²) in [5.41, 5.74) is 6.57. The third-order valence-corrected chi connectivity index (χ3v) is 4.03. The lowest BCUT2D eigenvalue weighted by Gasteiger charge is -2.22. The molecule has 1 amide bonds. The van der Waals surface area contributed by atoms with E-state index >= 15 is 0 Å². The van der Waals surface area contributed by atoms with E-state index in [0.717, 1.165) is 31.2 Å². The first-order chi connectivity index (χ1) is 8.10. The molecule has 0 aliphatic heterocycles. The number of amides is 1. The van der Waals surface area contributed by atoms with Crippen molar-refractivity contribution in [2.24, 2.45) is 5.73 Å². The molecular weight excluding hydrogens is 327 g/mol. The number of carbonyl (C=O) groups is 1. The average Bonchev–Trinajstić information content (AvgIpc) is 2.76. The van der Waals surface area contributed by atoms with Crippen molar-refractivity contribution in [1.29, 1.82) is 0 Å². The fourth-order valence-corrected chi connectivity index (χ4v) is 2.55. The first-order valence-electron chi connectivity index (χ1n) is 5.92. The van der Waals surface area contributed by atoms with E-state index < -0.39 is 5.54 Å². The summed E-state index contributed by atoms with van der Waals surface area (Å²) in [6.07, 6.45) is 3.75. The van der Waals surface area contributed by atoms with E-state index in [1.165, 1.54) is 3.57 Å². The van der Waals surface area contributed by atoms with Crippen LogP contribution in [0.3, 0.4) is 0 Å². The van der Waals surface area contributed by atoms with Gasteiger partial charge in [0.2, 0.25) is 5.91 Å².